The fourth-order valence-electron chi connectivity index (χ4n) is 3.71. The molecular formula is C21H28N2O3. The number of hydrogen-bond donors (Lipinski definition) is 0. The number of rotatable bonds is 6. The molecule has 140 valence electrons. The number of ether oxygens (including phenoxy) is 2. The van der Waals surface area contributed by atoms with Crippen LogP contribution in [0.1, 0.15) is 50.1 Å². The molecular weight excluding hydrogens is 328 g/mol. The number of carbonyl (C=O) groups is 1. The summed E-state index contributed by atoms with van der Waals surface area (Å²) in [6.45, 7) is 6.89. The predicted octanol–water partition coefficient (Wildman–Crippen LogP) is 3.95. The molecule has 0 saturated carbocycles. The molecule has 5 nitrogen and oxygen atoms in total. The Labute approximate surface area is 155 Å². The van der Waals surface area contributed by atoms with Gasteiger partial charge >= 0.3 is 5.97 Å². The second-order valence-corrected chi connectivity index (χ2v) is 7.19. The SMILES string of the molecule is CCOC(=O)C(C(C)C)n1cc2c(n1)CCCc1cc(COC)ccc1-2. The maximum Gasteiger partial charge on any atom is 0.331 e. The molecule has 0 aliphatic heterocycles. The van der Waals surface area contributed by atoms with Crippen molar-refractivity contribution in [3.63, 3.8) is 0 Å². The molecule has 1 aromatic carbocycles. The standard InChI is InChI=1S/C21H28N2O3/c1-5-26-21(24)20(14(2)3)23-12-18-17-10-9-15(13-25-4)11-16(17)7-6-8-19(18)22-23/h9-12,14,20H,5-8,13H2,1-4H3. The minimum absolute atomic E-state index is 0.112. The molecule has 1 heterocycles. The maximum atomic E-state index is 12.4. The van der Waals surface area contributed by atoms with Gasteiger partial charge in [-0.05, 0) is 48.8 Å². The van der Waals surface area contributed by atoms with E-state index in [9.17, 15) is 4.79 Å². The predicted molar refractivity (Wildman–Crippen MR) is 101 cm³/mol. The van der Waals surface area contributed by atoms with Crippen LogP contribution < -0.4 is 0 Å². The number of aryl methyl sites for hydroxylation is 2. The van der Waals surface area contributed by atoms with Crippen molar-refractivity contribution in [1.29, 1.82) is 0 Å². The van der Waals surface area contributed by atoms with Crippen molar-refractivity contribution in [2.24, 2.45) is 5.92 Å². The van der Waals surface area contributed by atoms with Crippen LogP contribution in [0.25, 0.3) is 11.1 Å². The molecule has 1 atom stereocenters. The van der Waals surface area contributed by atoms with Crippen LogP contribution in [-0.2, 0) is 33.7 Å². The first-order valence-electron chi connectivity index (χ1n) is 9.41. The molecule has 2 aromatic rings. The van der Waals surface area contributed by atoms with Gasteiger partial charge in [-0.3, -0.25) is 4.68 Å². The van der Waals surface area contributed by atoms with Crippen molar-refractivity contribution >= 4 is 5.97 Å². The molecule has 0 amide bonds. The first kappa shape index (κ1) is 18.6. The van der Waals surface area contributed by atoms with E-state index in [1.165, 1.54) is 16.7 Å². The van der Waals surface area contributed by atoms with E-state index in [0.29, 0.717) is 13.2 Å². The van der Waals surface area contributed by atoms with Gasteiger partial charge in [0, 0.05) is 18.9 Å². The average Bonchev–Trinajstić information content (AvgIpc) is 2.91. The second-order valence-electron chi connectivity index (χ2n) is 7.19. The number of carbonyl (C=O) groups excluding carboxylic acids is 1. The summed E-state index contributed by atoms with van der Waals surface area (Å²) >= 11 is 0. The average molecular weight is 356 g/mol. The summed E-state index contributed by atoms with van der Waals surface area (Å²) < 4.78 is 12.3. The van der Waals surface area contributed by atoms with Gasteiger partial charge in [-0.15, -0.1) is 0 Å². The number of fused-ring (bicyclic) bond motifs is 3. The number of aromatic nitrogens is 2. The van der Waals surface area contributed by atoms with Crippen LogP contribution in [0, 0.1) is 5.92 Å². The van der Waals surface area contributed by atoms with Crippen LogP contribution in [0.3, 0.4) is 0 Å². The summed E-state index contributed by atoms with van der Waals surface area (Å²) in [6.07, 6.45) is 5.04. The summed E-state index contributed by atoms with van der Waals surface area (Å²) in [4.78, 5) is 12.4. The third-order valence-electron chi connectivity index (χ3n) is 4.88. The minimum atomic E-state index is -0.391. The highest BCUT2D eigenvalue weighted by Gasteiger charge is 2.28. The zero-order chi connectivity index (χ0) is 18.7. The van der Waals surface area contributed by atoms with Crippen LogP contribution in [0.2, 0.25) is 0 Å². The summed E-state index contributed by atoms with van der Waals surface area (Å²) in [6, 6.07) is 6.11. The van der Waals surface area contributed by atoms with Gasteiger partial charge < -0.3 is 9.47 Å². The van der Waals surface area contributed by atoms with E-state index >= 15 is 0 Å². The fraction of sp³-hybridized carbons (Fsp3) is 0.524. The van der Waals surface area contributed by atoms with Gasteiger partial charge in [-0.2, -0.15) is 5.10 Å². The van der Waals surface area contributed by atoms with E-state index in [4.69, 9.17) is 14.6 Å². The molecule has 0 radical (unpaired) electrons. The molecule has 1 aliphatic carbocycles. The highest BCUT2D eigenvalue weighted by Crippen LogP contribution is 2.34. The number of esters is 1. The lowest BCUT2D eigenvalue weighted by atomic mass is 9.98. The highest BCUT2D eigenvalue weighted by molar-refractivity contribution is 5.75. The van der Waals surface area contributed by atoms with Gasteiger partial charge in [0.15, 0.2) is 6.04 Å². The summed E-state index contributed by atoms with van der Waals surface area (Å²) in [5.74, 6) is -0.100. The Morgan fingerprint density at radius 1 is 1.27 bits per heavy atom. The smallest absolute Gasteiger partial charge is 0.331 e. The van der Waals surface area contributed by atoms with E-state index in [1.54, 1.807) is 7.11 Å². The van der Waals surface area contributed by atoms with Crippen LogP contribution in [-0.4, -0.2) is 29.5 Å². The van der Waals surface area contributed by atoms with Crippen molar-refractivity contribution in [1.82, 2.24) is 9.78 Å². The first-order chi connectivity index (χ1) is 12.5. The lowest BCUT2D eigenvalue weighted by molar-refractivity contribution is -0.149. The molecule has 0 bridgehead atoms. The maximum absolute atomic E-state index is 12.4. The Hall–Kier alpha value is -2.14. The lowest BCUT2D eigenvalue weighted by Gasteiger charge is -2.19. The lowest BCUT2D eigenvalue weighted by Crippen LogP contribution is -2.27. The number of methoxy groups -OCH3 is 1. The van der Waals surface area contributed by atoms with Crippen molar-refractivity contribution in [2.75, 3.05) is 13.7 Å². The number of hydrogen-bond acceptors (Lipinski definition) is 4. The fourth-order valence-corrected chi connectivity index (χ4v) is 3.71. The van der Waals surface area contributed by atoms with E-state index in [-0.39, 0.29) is 11.9 Å². The van der Waals surface area contributed by atoms with E-state index in [0.717, 1.165) is 30.5 Å². The molecule has 0 N–H and O–H groups in total. The minimum Gasteiger partial charge on any atom is -0.464 e. The zero-order valence-electron chi connectivity index (χ0n) is 16.1. The van der Waals surface area contributed by atoms with Crippen molar-refractivity contribution in [3.8, 4) is 11.1 Å². The Kier molecular flexibility index (Phi) is 5.77. The third-order valence-corrected chi connectivity index (χ3v) is 4.88. The van der Waals surface area contributed by atoms with Crippen molar-refractivity contribution < 1.29 is 14.3 Å². The largest absolute Gasteiger partial charge is 0.464 e. The Morgan fingerprint density at radius 3 is 2.77 bits per heavy atom. The van der Waals surface area contributed by atoms with Gasteiger partial charge in [0.25, 0.3) is 0 Å². The molecule has 1 aliphatic rings. The molecule has 0 saturated heterocycles. The highest BCUT2D eigenvalue weighted by atomic mass is 16.5. The quantitative estimate of drug-likeness (QED) is 0.736. The van der Waals surface area contributed by atoms with Gasteiger partial charge in [0.05, 0.1) is 18.9 Å². The summed E-state index contributed by atoms with van der Waals surface area (Å²) in [5.41, 5.74) is 5.94. The van der Waals surface area contributed by atoms with Crippen molar-refractivity contribution in [2.45, 2.75) is 52.7 Å². The summed E-state index contributed by atoms with van der Waals surface area (Å²) in [5, 5.41) is 4.78. The van der Waals surface area contributed by atoms with Gasteiger partial charge in [-0.1, -0.05) is 32.0 Å². The third kappa shape index (κ3) is 3.68. The molecule has 26 heavy (non-hydrogen) atoms. The van der Waals surface area contributed by atoms with E-state index < -0.39 is 6.04 Å². The van der Waals surface area contributed by atoms with E-state index in [1.807, 2.05) is 31.6 Å². The Bertz CT molecular complexity index is 780. The van der Waals surface area contributed by atoms with Crippen LogP contribution >= 0.6 is 0 Å². The van der Waals surface area contributed by atoms with Gasteiger partial charge in [0.1, 0.15) is 0 Å². The zero-order valence-corrected chi connectivity index (χ0v) is 16.1. The molecule has 1 aromatic heterocycles. The topological polar surface area (TPSA) is 53.4 Å². The Balaban J connectivity index is 2.01. The molecule has 5 heteroatoms. The number of nitrogens with zero attached hydrogens (tertiary/aromatic N) is 2. The van der Waals surface area contributed by atoms with Crippen molar-refractivity contribution in [3.05, 3.63) is 41.2 Å². The summed E-state index contributed by atoms with van der Waals surface area (Å²) in [7, 11) is 1.72. The van der Waals surface area contributed by atoms with Gasteiger partial charge in [0.2, 0.25) is 0 Å². The van der Waals surface area contributed by atoms with Crippen LogP contribution in [0.15, 0.2) is 24.4 Å². The molecule has 0 spiro atoms. The Morgan fingerprint density at radius 2 is 2.08 bits per heavy atom. The van der Waals surface area contributed by atoms with Gasteiger partial charge in [-0.25, -0.2) is 4.79 Å². The first-order valence-corrected chi connectivity index (χ1v) is 9.41. The van der Waals surface area contributed by atoms with E-state index in [2.05, 4.69) is 18.2 Å². The molecule has 0 fully saturated rings. The number of benzene rings is 1. The van der Waals surface area contributed by atoms with Crippen LogP contribution in [0.5, 0.6) is 0 Å². The normalized spacial score (nSPS) is 14.5. The molecule has 1 unspecified atom stereocenters. The molecule has 3 rings (SSSR count). The monoisotopic (exact) mass is 356 g/mol. The second kappa shape index (κ2) is 8.04. The van der Waals surface area contributed by atoms with Crippen LogP contribution in [0.4, 0.5) is 0 Å².